The van der Waals surface area contributed by atoms with Gasteiger partial charge in [0.2, 0.25) is 0 Å². The van der Waals surface area contributed by atoms with E-state index in [1.165, 1.54) is 0 Å². The maximum absolute atomic E-state index is 14.4. The number of carbonyl (C=O) groups excluding carboxylic acids is 1. The number of aromatic nitrogens is 4. The first-order valence-electron chi connectivity index (χ1n) is 14.7. The molecule has 3 aliphatic heterocycles. The van der Waals surface area contributed by atoms with Crippen LogP contribution in [-0.4, -0.2) is 60.3 Å². The van der Waals surface area contributed by atoms with Crippen molar-refractivity contribution >= 4 is 22.3 Å². The monoisotopic (exact) mass is 572 g/mol. The predicted octanol–water partition coefficient (Wildman–Crippen LogP) is 3.64. The summed E-state index contributed by atoms with van der Waals surface area (Å²) in [5, 5.41) is 20.1. The summed E-state index contributed by atoms with van der Waals surface area (Å²) in [6, 6.07) is 18.1. The van der Waals surface area contributed by atoms with Crippen molar-refractivity contribution in [1.82, 2.24) is 29.4 Å². The maximum atomic E-state index is 14.4. The number of pyridine rings is 1. The van der Waals surface area contributed by atoms with Gasteiger partial charge in [-0.2, -0.15) is 5.10 Å². The van der Waals surface area contributed by atoms with E-state index in [1.54, 1.807) is 34.5 Å². The lowest BCUT2D eigenvalue weighted by molar-refractivity contribution is -0.0713. The van der Waals surface area contributed by atoms with Crippen molar-refractivity contribution in [2.45, 2.75) is 38.3 Å². The Morgan fingerprint density at radius 2 is 1.91 bits per heavy atom. The van der Waals surface area contributed by atoms with E-state index in [9.17, 15) is 14.7 Å². The number of nitrogens with one attached hydrogen (secondary N) is 1. The van der Waals surface area contributed by atoms with E-state index in [0.29, 0.717) is 45.8 Å². The molecule has 3 fully saturated rings. The summed E-state index contributed by atoms with van der Waals surface area (Å²) in [5.74, 6) is 6.19. The molecule has 3 aliphatic rings. The van der Waals surface area contributed by atoms with Crippen molar-refractivity contribution in [3.63, 3.8) is 0 Å². The summed E-state index contributed by atoms with van der Waals surface area (Å²) < 4.78 is 3.22. The number of rotatable bonds is 4. The quantitative estimate of drug-likeness (QED) is 0.319. The van der Waals surface area contributed by atoms with E-state index >= 15 is 0 Å². The molecule has 3 saturated heterocycles. The number of carbonyl (C=O) groups is 1. The molecule has 2 bridgehead atoms. The summed E-state index contributed by atoms with van der Waals surface area (Å²) in [5.41, 5.74) is 1.99. The van der Waals surface area contributed by atoms with E-state index in [0.717, 1.165) is 31.3 Å². The van der Waals surface area contributed by atoms with Crippen LogP contribution < -0.4 is 10.9 Å². The highest BCUT2D eigenvalue weighted by molar-refractivity contribution is 6.01. The summed E-state index contributed by atoms with van der Waals surface area (Å²) in [7, 11) is 0. The summed E-state index contributed by atoms with van der Waals surface area (Å²) in [4.78, 5) is 34.5. The minimum absolute atomic E-state index is 0.143. The van der Waals surface area contributed by atoms with E-state index in [2.05, 4.69) is 32.1 Å². The van der Waals surface area contributed by atoms with Crippen LogP contribution in [0.5, 0.6) is 0 Å². The molecule has 0 saturated carbocycles. The van der Waals surface area contributed by atoms with Gasteiger partial charge in [0.05, 0.1) is 17.1 Å². The number of benzene rings is 2. The summed E-state index contributed by atoms with van der Waals surface area (Å²) in [6.07, 6.45) is 5.24. The highest BCUT2D eigenvalue weighted by atomic mass is 16.3. The second-order valence-corrected chi connectivity index (χ2v) is 11.6. The van der Waals surface area contributed by atoms with E-state index in [4.69, 9.17) is 0 Å². The summed E-state index contributed by atoms with van der Waals surface area (Å²) >= 11 is 0. The average molecular weight is 573 g/mol. The van der Waals surface area contributed by atoms with Gasteiger partial charge in [-0.15, -0.1) is 0 Å². The fraction of sp³-hybridized carbons (Fsp3) is 0.294. The molecule has 6 heterocycles. The van der Waals surface area contributed by atoms with Crippen molar-refractivity contribution in [3.8, 4) is 17.5 Å². The summed E-state index contributed by atoms with van der Waals surface area (Å²) in [6.45, 7) is 6.16. The molecular formula is C34H32N6O3. The molecule has 43 heavy (non-hydrogen) atoms. The van der Waals surface area contributed by atoms with Crippen LogP contribution in [0.15, 0.2) is 77.9 Å². The number of aryl methyl sites for hydroxylation is 1. The standard InChI is InChI=1S/C34H32N6O3/c1-22(36-32(41)29-23(2)37-39-17-7-16-35-31(29)39)28-20-25-9-6-8-24(12-15-34(43)21-38-18-13-26(34)14-19-38)30(25)33(42)40(28)27-10-4-3-5-11-27/h3-11,16-17,20,22,26,43H,13-14,18-19,21H2,1-2H3,(H,36,41). The normalized spacial score (nSPS) is 21.8. The third-order valence-electron chi connectivity index (χ3n) is 8.82. The zero-order chi connectivity index (χ0) is 29.7. The smallest absolute Gasteiger partial charge is 0.264 e. The van der Waals surface area contributed by atoms with Crippen LogP contribution >= 0.6 is 0 Å². The molecule has 5 aromatic rings. The fourth-order valence-electron chi connectivity index (χ4n) is 6.61. The van der Waals surface area contributed by atoms with Crippen LogP contribution in [0.3, 0.4) is 0 Å². The SMILES string of the molecule is Cc1nn2cccnc2c1C(=O)NC(C)c1cc2cccc(C#CC3(O)CN4CCC3CC4)c2c(=O)n1-c1ccccc1. The van der Waals surface area contributed by atoms with Gasteiger partial charge >= 0.3 is 0 Å². The first kappa shape index (κ1) is 27.1. The van der Waals surface area contributed by atoms with Crippen molar-refractivity contribution in [2.24, 2.45) is 5.92 Å². The Kier molecular flexibility index (Phi) is 6.61. The number of fused-ring (bicyclic) bond motifs is 5. The highest BCUT2D eigenvalue weighted by Crippen LogP contribution is 2.35. The molecule has 0 aliphatic carbocycles. The minimum atomic E-state index is -1.08. The number of amides is 1. The van der Waals surface area contributed by atoms with Gasteiger partial charge in [-0.3, -0.25) is 19.1 Å². The Balaban J connectivity index is 1.32. The molecule has 3 aromatic heterocycles. The van der Waals surface area contributed by atoms with Gasteiger partial charge < -0.3 is 10.4 Å². The first-order valence-corrected chi connectivity index (χ1v) is 14.7. The van der Waals surface area contributed by atoms with Gasteiger partial charge in [0.1, 0.15) is 11.2 Å². The van der Waals surface area contributed by atoms with E-state index in [1.807, 2.05) is 61.5 Å². The van der Waals surface area contributed by atoms with Gasteiger partial charge in [0, 0.05) is 41.8 Å². The zero-order valence-electron chi connectivity index (χ0n) is 24.1. The molecule has 8 rings (SSSR count). The molecule has 0 spiro atoms. The second-order valence-electron chi connectivity index (χ2n) is 11.6. The highest BCUT2D eigenvalue weighted by Gasteiger charge is 2.44. The lowest BCUT2D eigenvalue weighted by Gasteiger charge is -2.47. The van der Waals surface area contributed by atoms with E-state index in [-0.39, 0.29) is 17.4 Å². The van der Waals surface area contributed by atoms with Gasteiger partial charge in [-0.05, 0) is 75.5 Å². The molecular weight excluding hydrogens is 540 g/mol. The van der Waals surface area contributed by atoms with Gasteiger partial charge in [-0.25, -0.2) is 9.50 Å². The largest absolute Gasteiger partial charge is 0.376 e. The Morgan fingerprint density at radius 3 is 2.65 bits per heavy atom. The number of nitrogens with zero attached hydrogens (tertiary/aromatic N) is 5. The number of para-hydroxylation sites is 1. The Morgan fingerprint density at radius 1 is 1.12 bits per heavy atom. The third-order valence-corrected chi connectivity index (χ3v) is 8.82. The Hall–Kier alpha value is -4.78. The molecule has 9 nitrogen and oxygen atoms in total. The van der Waals surface area contributed by atoms with Crippen LogP contribution in [0.4, 0.5) is 0 Å². The lowest BCUT2D eigenvalue weighted by atomic mass is 9.75. The maximum Gasteiger partial charge on any atom is 0.264 e. The molecule has 9 heteroatoms. The lowest BCUT2D eigenvalue weighted by Crippen LogP contribution is -2.58. The third kappa shape index (κ3) is 4.69. The zero-order valence-corrected chi connectivity index (χ0v) is 24.1. The van der Waals surface area contributed by atoms with Crippen molar-refractivity contribution < 1.29 is 9.90 Å². The minimum Gasteiger partial charge on any atom is -0.376 e. The first-order chi connectivity index (χ1) is 20.8. The number of aliphatic hydroxyl groups is 1. The molecule has 0 radical (unpaired) electrons. The van der Waals surface area contributed by atoms with Gasteiger partial charge in [-0.1, -0.05) is 42.2 Å². The van der Waals surface area contributed by atoms with Crippen molar-refractivity contribution in [2.75, 3.05) is 19.6 Å². The topological polar surface area (TPSA) is 105 Å². The number of hydrogen-bond acceptors (Lipinski definition) is 6. The molecule has 2 aromatic carbocycles. The van der Waals surface area contributed by atoms with Crippen LogP contribution in [0.1, 0.15) is 53.1 Å². The van der Waals surface area contributed by atoms with Crippen LogP contribution in [0.25, 0.3) is 22.1 Å². The molecule has 1 amide bonds. The van der Waals surface area contributed by atoms with Gasteiger partial charge in [0.15, 0.2) is 5.65 Å². The molecule has 216 valence electrons. The van der Waals surface area contributed by atoms with E-state index < -0.39 is 11.6 Å². The average Bonchev–Trinajstić information content (AvgIpc) is 3.36. The van der Waals surface area contributed by atoms with Crippen molar-refractivity contribution in [3.05, 3.63) is 106 Å². The van der Waals surface area contributed by atoms with Crippen LogP contribution in [-0.2, 0) is 0 Å². The molecule has 2 atom stereocenters. The second kappa shape index (κ2) is 10.5. The molecule has 2 unspecified atom stereocenters. The number of hydrogen-bond donors (Lipinski definition) is 2. The Bertz CT molecular complexity index is 2000. The van der Waals surface area contributed by atoms with Crippen LogP contribution in [0, 0.1) is 24.7 Å². The predicted molar refractivity (Wildman–Crippen MR) is 164 cm³/mol. The number of piperidine rings is 3. The van der Waals surface area contributed by atoms with Gasteiger partial charge in [0.25, 0.3) is 11.5 Å². The van der Waals surface area contributed by atoms with Crippen molar-refractivity contribution in [1.29, 1.82) is 0 Å². The van der Waals surface area contributed by atoms with Crippen LogP contribution in [0.2, 0.25) is 0 Å². The Labute approximate surface area is 248 Å². The molecule has 2 N–H and O–H groups in total. The fourth-order valence-corrected chi connectivity index (χ4v) is 6.61.